The van der Waals surface area contributed by atoms with Gasteiger partial charge in [0.15, 0.2) is 5.96 Å². The molecule has 0 aliphatic carbocycles. The van der Waals surface area contributed by atoms with Crippen LogP contribution in [0.1, 0.15) is 31.1 Å². The number of hydrogen-bond donors (Lipinski definition) is 2. The van der Waals surface area contributed by atoms with Crippen LogP contribution in [-0.2, 0) is 16.0 Å². The molecule has 0 spiro atoms. The molecular formula is C16H27N3O2S. The van der Waals surface area contributed by atoms with E-state index in [0.29, 0.717) is 6.10 Å². The first-order valence-electron chi connectivity index (χ1n) is 8.12. The molecule has 2 N–H and O–H groups in total. The van der Waals surface area contributed by atoms with Crippen LogP contribution < -0.4 is 10.6 Å². The zero-order valence-electron chi connectivity index (χ0n) is 13.3. The number of ether oxygens (including phenoxy) is 2. The predicted molar refractivity (Wildman–Crippen MR) is 91.5 cm³/mol. The van der Waals surface area contributed by atoms with Gasteiger partial charge in [0.1, 0.15) is 0 Å². The van der Waals surface area contributed by atoms with Gasteiger partial charge in [-0.05, 0) is 37.6 Å². The van der Waals surface area contributed by atoms with E-state index in [9.17, 15) is 0 Å². The highest BCUT2D eigenvalue weighted by atomic mass is 32.1. The Bertz CT molecular complexity index is 417. The van der Waals surface area contributed by atoms with Crippen LogP contribution >= 0.6 is 11.3 Å². The van der Waals surface area contributed by atoms with Crippen molar-refractivity contribution in [2.75, 3.05) is 32.9 Å². The van der Waals surface area contributed by atoms with Crippen LogP contribution in [0.15, 0.2) is 22.5 Å². The molecule has 6 heteroatoms. The van der Waals surface area contributed by atoms with E-state index in [2.05, 4.69) is 40.1 Å². The molecule has 1 aromatic rings. The molecule has 1 aliphatic heterocycles. The Morgan fingerprint density at radius 3 is 3.18 bits per heavy atom. The number of hydrogen-bond acceptors (Lipinski definition) is 4. The lowest BCUT2D eigenvalue weighted by Gasteiger charge is -2.12. The molecule has 1 atom stereocenters. The maximum absolute atomic E-state index is 5.65. The third-order valence-corrected chi connectivity index (χ3v) is 4.26. The van der Waals surface area contributed by atoms with Crippen molar-refractivity contribution in [3.05, 3.63) is 22.4 Å². The number of guanidine groups is 1. The Balaban J connectivity index is 1.56. The van der Waals surface area contributed by atoms with Gasteiger partial charge in [0.05, 0.1) is 19.3 Å². The average Bonchev–Trinajstić information content (AvgIpc) is 3.21. The largest absolute Gasteiger partial charge is 0.379 e. The molecule has 5 nitrogen and oxygen atoms in total. The predicted octanol–water partition coefficient (Wildman–Crippen LogP) is 2.39. The summed E-state index contributed by atoms with van der Waals surface area (Å²) in [6.07, 6.45) is 3.59. The molecule has 1 unspecified atom stereocenters. The molecule has 22 heavy (non-hydrogen) atoms. The van der Waals surface area contributed by atoms with Crippen molar-refractivity contribution in [1.82, 2.24) is 10.6 Å². The van der Waals surface area contributed by atoms with Crippen molar-refractivity contribution in [1.29, 1.82) is 0 Å². The summed E-state index contributed by atoms with van der Waals surface area (Å²) in [5.74, 6) is 0.870. The maximum atomic E-state index is 5.65. The fraction of sp³-hybridized carbons (Fsp3) is 0.688. The summed E-state index contributed by atoms with van der Waals surface area (Å²) in [5, 5.41) is 8.69. The second kappa shape index (κ2) is 10.6. The Morgan fingerprint density at radius 1 is 1.50 bits per heavy atom. The molecule has 2 rings (SSSR count). The van der Waals surface area contributed by atoms with E-state index in [1.807, 2.05) is 0 Å². The van der Waals surface area contributed by atoms with E-state index in [1.165, 1.54) is 11.3 Å². The number of aliphatic imine (C=N–C) groups is 1. The van der Waals surface area contributed by atoms with Gasteiger partial charge in [0.25, 0.3) is 0 Å². The molecule has 1 aromatic heterocycles. The van der Waals surface area contributed by atoms with Gasteiger partial charge < -0.3 is 20.1 Å². The van der Waals surface area contributed by atoms with Crippen LogP contribution in [0.2, 0.25) is 0 Å². The van der Waals surface area contributed by atoms with E-state index in [1.54, 1.807) is 11.3 Å². The second-order valence-corrected chi connectivity index (χ2v) is 6.30. The standard InChI is InChI=1S/C16H27N3O2S/c1-2-17-16(19-12-15-7-4-11-22-15)18-8-5-9-20-13-14-6-3-10-21-14/h4,7,11,14H,2-3,5-6,8-10,12-13H2,1H3,(H2,17,18,19). The lowest BCUT2D eigenvalue weighted by molar-refractivity contribution is 0.0168. The topological polar surface area (TPSA) is 54.9 Å². The first-order valence-corrected chi connectivity index (χ1v) is 9.00. The minimum Gasteiger partial charge on any atom is -0.379 e. The van der Waals surface area contributed by atoms with Gasteiger partial charge in [-0.3, -0.25) is 0 Å². The fourth-order valence-electron chi connectivity index (χ4n) is 2.27. The number of rotatable bonds is 9. The highest BCUT2D eigenvalue weighted by Crippen LogP contribution is 2.12. The number of nitrogens with one attached hydrogen (secondary N) is 2. The zero-order chi connectivity index (χ0) is 15.5. The molecular weight excluding hydrogens is 298 g/mol. The molecule has 1 aliphatic rings. The molecule has 0 saturated carbocycles. The molecule has 0 radical (unpaired) electrons. The van der Waals surface area contributed by atoms with E-state index < -0.39 is 0 Å². The lowest BCUT2D eigenvalue weighted by atomic mass is 10.2. The van der Waals surface area contributed by atoms with Crippen LogP contribution in [0.3, 0.4) is 0 Å². The Labute approximate surface area is 137 Å². The summed E-state index contributed by atoms with van der Waals surface area (Å²) < 4.78 is 11.2. The number of thiophene rings is 1. The Kier molecular flexibility index (Phi) is 8.30. The van der Waals surface area contributed by atoms with Crippen LogP contribution in [0.25, 0.3) is 0 Å². The molecule has 1 fully saturated rings. The molecule has 0 aromatic carbocycles. The molecule has 2 heterocycles. The first-order chi connectivity index (χ1) is 10.9. The van der Waals surface area contributed by atoms with Crippen molar-refractivity contribution in [2.24, 2.45) is 4.99 Å². The van der Waals surface area contributed by atoms with Gasteiger partial charge >= 0.3 is 0 Å². The van der Waals surface area contributed by atoms with Crippen LogP contribution in [-0.4, -0.2) is 45.0 Å². The van der Waals surface area contributed by atoms with Crippen molar-refractivity contribution >= 4 is 17.3 Å². The lowest BCUT2D eigenvalue weighted by Crippen LogP contribution is -2.38. The quantitative estimate of drug-likeness (QED) is 0.416. The highest BCUT2D eigenvalue weighted by molar-refractivity contribution is 7.09. The summed E-state index contributed by atoms with van der Waals surface area (Å²) in [6.45, 7) is 6.91. The van der Waals surface area contributed by atoms with Crippen LogP contribution in [0.5, 0.6) is 0 Å². The van der Waals surface area contributed by atoms with E-state index in [4.69, 9.17) is 9.47 Å². The van der Waals surface area contributed by atoms with Gasteiger partial charge in [-0.1, -0.05) is 6.07 Å². The summed E-state index contributed by atoms with van der Waals surface area (Å²) >= 11 is 1.74. The van der Waals surface area contributed by atoms with Crippen molar-refractivity contribution in [3.63, 3.8) is 0 Å². The number of nitrogens with zero attached hydrogens (tertiary/aromatic N) is 1. The minimum absolute atomic E-state index is 0.317. The molecule has 1 saturated heterocycles. The molecule has 0 bridgehead atoms. The van der Waals surface area contributed by atoms with Gasteiger partial charge in [0, 0.05) is 31.2 Å². The van der Waals surface area contributed by atoms with E-state index in [-0.39, 0.29) is 0 Å². The zero-order valence-corrected chi connectivity index (χ0v) is 14.2. The van der Waals surface area contributed by atoms with E-state index >= 15 is 0 Å². The fourth-order valence-corrected chi connectivity index (χ4v) is 2.90. The summed E-state index contributed by atoms with van der Waals surface area (Å²) in [7, 11) is 0. The minimum atomic E-state index is 0.317. The molecule has 0 amide bonds. The summed E-state index contributed by atoms with van der Waals surface area (Å²) in [4.78, 5) is 5.86. The van der Waals surface area contributed by atoms with Gasteiger partial charge in [-0.2, -0.15) is 0 Å². The second-order valence-electron chi connectivity index (χ2n) is 5.26. The summed E-state index contributed by atoms with van der Waals surface area (Å²) in [5.41, 5.74) is 0. The third kappa shape index (κ3) is 6.77. The van der Waals surface area contributed by atoms with Crippen molar-refractivity contribution in [3.8, 4) is 0 Å². The SMILES string of the molecule is CCNC(=NCc1cccs1)NCCCOCC1CCCO1. The Morgan fingerprint density at radius 2 is 2.45 bits per heavy atom. The van der Waals surface area contributed by atoms with Gasteiger partial charge in [-0.15, -0.1) is 11.3 Å². The first kappa shape index (κ1) is 17.2. The van der Waals surface area contributed by atoms with Crippen LogP contribution in [0, 0.1) is 0 Å². The van der Waals surface area contributed by atoms with Crippen molar-refractivity contribution < 1.29 is 9.47 Å². The van der Waals surface area contributed by atoms with Gasteiger partial charge in [0.2, 0.25) is 0 Å². The van der Waals surface area contributed by atoms with Gasteiger partial charge in [-0.25, -0.2) is 4.99 Å². The third-order valence-electron chi connectivity index (χ3n) is 3.40. The van der Waals surface area contributed by atoms with E-state index in [0.717, 1.165) is 58.3 Å². The highest BCUT2D eigenvalue weighted by Gasteiger charge is 2.14. The molecule has 124 valence electrons. The summed E-state index contributed by atoms with van der Waals surface area (Å²) in [6, 6.07) is 4.16. The van der Waals surface area contributed by atoms with Crippen molar-refractivity contribution in [2.45, 2.75) is 38.8 Å². The normalized spacial score (nSPS) is 18.6. The van der Waals surface area contributed by atoms with Crippen LogP contribution in [0.4, 0.5) is 0 Å². The Hall–Kier alpha value is -1.11. The monoisotopic (exact) mass is 325 g/mol. The average molecular weight is 325 g/mol. The smallest absolute Gasteiger partial charge is 0.191 e. The maximum Gasteiger partial charge on any atom is 0.191 e.